The molecule has 1 heterocycles. The summed E-state index contributed by atoms with van der Waals surface area (Å²) in [7, 11) is 0. The van der Waals surface area contributed by atoms with Crippen molar-refractivity contribution in [3.05, 3.63) is 60.1 Å². The molecule has 0 aliphatic heterocycles. The van der Waals surface area contributed by atoms with Crippen LogP contribution in [0, 0.1) is 6.92 Å². The van der Waals surface area contributed by atoms with Gasteiger partial charge in [0.05, 0.1) is 0 Å². The topological polar surface area (TPSA) is 54.3 Å². The molecule has 0 saturated heterocycles. The quantitative estimate of drug-likeness (QED) is 0.672. The average molecular weight is 286 g/mol. The van der Waals surface area contributed by atoms with E-state index >= 15 is 0 Å². The Balaban J connectivity index is 1.85. The molecule has 0 atom stereocenters. The number of furan rings is 1. The number of benzene rings is 1. The van der Waals surface area contributed by atoms with Crippen molar-refractivity contribution in [3.63, 3.8) is 0 Å². The van der Waals surface area contributed by atoms with E-state index in [0.29, 0.717) is 5.76 Å². The molecule has 0 bridgehead atoms. The highest BCUT2D eigenvalue weighted by Gasteiger charge is 2.01. The Kier molecular flexibility index (Phi) is 4.68. The van der Waals surface area contributed by atoms with Crippen molar-refractivity contribution >= 4 is 35.0 Å². The molecule has 0 unspecified atom stereocenters. The van der Waals surface area contributed by atoms with Gasteiger partial charge in [0.15, 0.2) is 5.11 Å². The van der Waals surface area contributed by atoms with Crippen molar-refractivity contribution in [2.45, 2.75) is 6.92 Å². The van der Waals surface area contributed by atoms with Crippen LogP contribution in [0.4, 0.5) is 5.69 Å². The lowest BCUT2D eigenvalue weighted by molar-refractivity contribution is -0.115. The van der Waals surface area contributed by atoms with Gasteiger partial charge < -0.3 is 9.73 Å². The molecule has 0 aliphatic rings. The van der Waals surface area contributed by atoms with Crippen LogP contribution in [-0.2, 0) is 4.79 Å². The Morgan fingerprint density at radius 1 is 1.20 bits per heavy atom. The normalized spacial score (nSPS) is 10.4. The van der Waals surface area contributed by atoms with Gasteiger partial charge in [-0.1, -0.05) is 18.2 Å². The number of thiocarbonyl (C=S) groups is 1. The summed E-state index contributed by atoms with van der Waals surface area (Å²) in [5, 5.41) is 5.73. The van der Waals surface area contributed by atoms with Crippen molar-refractivity contribution in [1.82, 2.24) is 5.32 Å². The molecule has 2 aromatic rings. The second-order valence-electron chi connectivity index (χ2n) is 4.09. The third kappa shape index (κ3) is 4.37. The molecule has 5 heteroatoms. The minimum Gasteiger partial charge on any atom is -0.462 e. The van der Waals surface area contributed by atoms with Crippen LogP contribution in [0.5, 0.6) is 0 Å². The number of para-hydroxylation sites is 1. The fraction of sp³-hybridized carbons (Fsp3) is 0.0667. The van der Waals surface area contributed by atoms with Gasteiger partial charge in [-0.2, -0.15) is 0 Å². The van der Waals surface area contributed by atoms with Crippen LogP contribution in [0.15, 0.2) is 53.0 Å². The van der Waals surface area contributed by atoms with E-state index in [1.165, 1.54) is 6.08 Å². The maximum Gasteiger partial charge on any atom is 0.250 e. The van der Waals surface area contributed by atoms with Gasteiger partial charge in [0.2, 0.25) is 5.91 Å². The molecule has 0 fully saturated rings. The van der Waals surface area contributed by atoms with Crippen LogP contribution in [0.1, 0.15) is 11.5 Å². The fourth-order valence-electron chi connectivity index (χ4n) is 1.54. The summed E-state index contributed by atoms with van der Waals surface area (Å²) in [6.07, 6.45) is 2.96. The number of amides is 1. The number of anilines is 1. The first-order chi connectivity index (χ1) is 9.63. The molecule has 4 nitrogen and oxygen atoms in total. The van der Waals surface area contributed by atoms with E-state index in [1.54, 1.807) is 12.1 Å². The zero-order chi connectivity index (χ0) is 14.4. The molecule has 0 spiro atoms. The molecule has 0 aliphatic carbocycles. The van der Waals surface area contributed by atoms with E-state index in [2.05, 4.69) is 10.6 Å². The minimum absolute atomic E-state index is 0.251. The molecule has 0 saturated carbocycles. The minimum atomic E-state index is -0.313. The van der Waals surface area contributed by atoms with Gasteiger partial charge in [-0.15, -0.1) is 0 Å². The van der Waals surface area contributed by atoms with E-state index in [1.807, 2.05) is 43.3 Å². The Labute approximate surface area is 122 Å². The number of carbonyl (C=O) groups excluding carboxylic acids is 1. The summed E-state index contributed by atoms with van der Waals surface area (Å²) >= 11 is 5.05. The number of hydrogen-bond donors (Lipinski definition) is 2. The van der Waals surface area contributed by atoms with Crippen molar-refractivity contribution in [3.8, 4) is 0 Å². The smallest absolute Gasteiger partial charge is 0.250 e. The molecule has 102 valence electrons. The second-order valence-corrected chi connectivity index (χ2v) is 4.50. The van der Waals surface area contributed by atoms with Crippen LogP contribution < -0.4 is 10.6 Å². The first-order valence-corrected chi connectivity index (χ1v) is 6.46. The Morgan fingerprint density at radius 2 is 1.95 bits per heavy atom. The lowest BCUT2D eigenvalue weighted by atomic mass is 10.3. The summed E-state index contributed by atoms with van der Waals surface area (Å²) < 4.78 is 5.32. The molecule has 1 amide bonds. The molecule has 0 radical (unpaired) electrons. The molecular weight excluding hydrogens is 272 g/mol. The summed E-state index contributed by atoms with van der Waals surface area (Å²) in [6.45, 7) is 1.84. The Hall–Kier alpha value is -2.40. The van der Waals surface area contributed by atoms with Gasteiger partial charge in [-0.05, 0) is 49.5 Å². The van der Waals surface area contributed by atoms with Crippen molar-refractivity contribution in [2.24, 2.45) is 0 Å². The predicted octanol–water partition coefficient (Wildman–Crippen LogP) is 3.11. The number of carbonyl (C=O) groups is 1. The van der Waals surface area contributed by atoms with Crippen molar-refractivity contribution in [2.75, 3.05) is 5.32 Å². The molecule has 20 heavy (non-hydrogen) atoms. The van der Waals surface area contributed by atoms with Crippen LogP contribution in [0.3, 0.4) is 0 Å². The standard InChI is InChI=1S/C15H14N2O2S/c1-11-7-8-13(19-11)9-10-14(18)17-15(20)16-12-5-3-2-4-6-12/h2-10H,1H3,(H2,16,17,18,20). The largest absolute Gasteiger partial charge is 0.462 e. The van der Waals surface area contributed by atoms with Gasteiger partial charge in [0.1, 0.15) is 11.5 Å². The third-order valence-corrected chi connectivity index (χ3v) is 2.63. The number of hydrogen-bond acceptors (Lipinski definition) is 3. The summed E-state index contributed by atoms with van der Waals surface area (Å²) in [4.78, 5) is 11.7. The highest BCUT2D eigenvalue weighted by atomic mass is 32.1. The second kappa shape index (κ2) is 6.68. The molecule has 2 rings (SSSR count). The van der Waals surface area contributed by atoms with Crippen LogP contribution in [0.25, 0.3) is 6.08 Å². The van der Waals surface area contributed by atoms with Crippen LogP contribution in [-0.4, -0.2) is 11.0 Å². The zero-order valence-electron chi connectivity index (χ0n) is 10.9. The van der Waals surface area contributed by atoms with E-state index in [4.69, 9.17) is 16.6 Å². The predicted molar refractivity (Wildman–Crippen MR) is 83.3 cm³/mol. The maximum absolute atomic E-state index is 11.7. The first-order valence-electron chi connectivity index (χ1n) is 6.05. The fourth-order valence-corrected chi connectivity index (χ4v) is 1.76. The highest BCUT2D eigenvalue weighted by Crippen LogP contribution is 2.07. The van der Waals surface area contributed by atoms with Gasteiger partial charge in [-0.25, -0.2) is 0 Å². The third-order valence-electron chi connectivity index (χ3n) is 2.43. The van der Waals surface area contributed by atoms with Gasteiger partial charge in [-0.3, -0.25) is 10.1 Å². The van der Waals surface area contributed by atoms with E-state index < -0.39 is 0 Å². The Bertz CT molecular complexity index is 632. The Morgan fingerprint density at radius 3 is 2.60 bits per heavy atom. The van der Waals surface area contributed by atoms with Gasteiger partial charge in [0.25, 0.3) is 0 Å². The SMILES string of the molecule is Cc1ccc(C=CC(=O)NC(=S)Nc2ccccc2)o1. The maximum atomic E-state index is 11.7. The zero-order valence-corrected chi connectivity index (χ0v) is 11.7. The number of nitrogens with one attached hydrogen (secondary N) is 2. The average Bonchev–Trinajstić information content (AvgIpc) is 2.83. The van der Waals surface area contributed by atoms with Crippen LogP contribution >= 0.6 is 12.2 Å². The van der Waals surface area contributed by atoms with Gasteiger partial charge >= 0.3 is 0 Å². The van der Waals surface area contributed by atoms with E-state index in [-0.39, 0.29) is 11.0 Å². The van der Waals surface area contributed by atoms with Crippen LogP contribution in [0.2, 0.25) is 0 Å². The molecule has 1 aromatic carbocycles. The van der Waals surface area contributed by atoms with Crippen molar-refractivity contribution in [1.29, 1.82) is 0 Å². The van der Waals surface area contributed by atoms with E-state index in [0.717, 1.165) is 11.4 Å². The monoisotopic (exact) mass is 286 g/mol. The molecule has 2 N–H and O–H groups in total. The first kappa shape index (κ1) is 14.0. The molecule has 1 aromatic heterocycles. The number of rotatable bonds is 3. The lowest BCUT2D eigenvalue weighted by Crippen LogP contribution is -2.32. The number of aryl methyl sites for hydroxylation is 1. The highest BCUT2D eigenvalue weighted by molar-refractivity contribution is 7.80. The van der Waals surface area contributed by atoms with Crippen molar-refractivity contribution < 1.29 is 9.21 Å². The van der Waals surface area contributed by atoms with E-state index in [9.17, 15) is 4.79 Å². The summed E-state index contributed by atoms with van der Waals surface area (Å²) in [5.41, 5.74) is 0.823. The lowest BCUT2D eigenvalue weighted by Gasteiger charge is -2.07. The summed E-state index contributed by atoms with van der Waals surface area (Å²) in [6, 6.07) is 13.0. The summed E-state index contributed by atoms with van der Waals surface area (Å²) in [5.74, 6) is 1.11. The van der Waals surface area contributed by atoms with Gasteiger partial charge in [0, 0.05) is 11.8 Å². The molecular formula is C15H14N2O2S.